The summed E-state index contributed by atoms with van der Waals surface area (Å²) in [7, 11) is 0. The molecule has 1 aromatic rings. The summed E-state index contributed by atoms with van der Waals surface area (Å²) in [6.07, 6.45) is 2.91. The molecule has 0 bridgehead atoms. The topological polar surface area (TPSA) is 35.2 Å². The van der Waals surface area contributed by atoms with Crippen molar-refractivity contribution in [3.05, 3.63) is 34.9 Å². The Morgan fingerprint density at radius 2 is 2.12 bits per heavy atom. The summed E-state index contributed by atoms with van der Waals surface area (Å²) in [6, 6.07) is 6.96. The van der Waals surface area contributed by atoms with Gasteiger partial charge in [-0.2, -0.15) is 0 Å². The van der Waals surface area contributed by atoms with Gasteiger partial charge in [0.1, 0.15) is 0 Å². The Balaban J connectivity index is 2.11. The Labute approximate surface area is 104 Å². The molecule has 1 aliphatic rings. The van der Waals surface area contributed by atoms with E-state index in [0.717, 1.165) is 25.9 Å². The molecule has 0 spiro atoms. The summed E-state index contributed by atoms with van der Waals surface area (Å²) < 4.78 is 5.93. The van der Waals surface area contributed by atoms with Crippen LogP contribution in [0.25, 0.3) is 0 Å². The average molecular weight is 233 g/mol. The molecule has 94 valence electrons. The molecule has 2 heteroatoms. The number of rotatable bonds is 2. The molecule has 0 aliphatic carbocycles. The summed E-state index contributed by atoms with van der Waals surface area (Å²) in [4.78, 5) is 0. The number of nitrogens with two attached hydrogens (primary N) is 1. The van der Waals surface area contributed by atoms with Crippen LogP contribution in [-0.4, -0.2) is 18.2 Å². The Kier molecular flexibility index (Phi) is 3.55. The van der Waals surface area contributed by atoms with Gasteiger partial charge in [0.05, 0.1) is 5.60 Å². The van der Waals surface area contributed by atoms with Crippen molar-refractivity contribution in [2.24, 2.45) is 5.73 Å². The monoisotopic (exact) mass is 233 g/mol. The quantitative estimate of drug-likeness (QED) is 0.852. The minimum atomic E-state index is -0.0840. The fourth-order valence-corrected chi connectivity index (χ4v) is 2.64. The van der Waals surface area contributed by atoms with Gasteiger partial charge in [-0.25, -0.2) is 0 Å². The molecular formula is C15H23NO. The largest absolute Gasteiger partial charge is 0.375 e. The molecule has 1 heterocycles. The van der Waals surface area contributed by atoms with Crippen LogP contribution in [0.3, 0.4) is 0 Å². The number of hydrogen-bond donors (Lipinski definition) is 1. The van der Waals surface area contributed by atoms with E-state index in [2.05, 4.69) is 39.0 Å². The van der Waals surface area contributed by atoms with Crippen LogP contribution in [0.1, 0.15) is 36.5 Å². The number of benzene rings is 1. The maximum Gasteiger partial charge on any atom is 0.0709 e. The Morgan fingerprint density at radius 1 is 1.35 bits per heavy atom. The molecule has 1 fully saturated rings. The first-order valence-electron chi connectivity index (χ1n) is 6.44. The molecule has 1 aromatic carbocycles. The molecule has 17 heavy (non-hydrogen) atoms. The molecule has 0 aromatic heterocycles. The third-order valence-electron chi connectivity index (χ3n) is 3.78. The second-order valence-corrected chi connectivity index (χ2v) is 5.65. The Hall–Kier alpha value is -0.860. The van der Waals surface area contributed by atoms with Gasteiger partial charge in [0.2, 0.25) is 0 Å². The predicted octanol–water partition coefficient (Wildman–Crippen LogP) is 2.74. The van der Waals surface area contributed by atoms with E-state index in [1.807, 2.05) is 0 Å². The predicted molar refractivity (Wildman–Crippen MR) is 71.2 cm³/mol. The van der Waals surface area contributed by atoms with Crippen molar-refractivity contribution in [2.75, 3.05) is 6.61 Å². The van der Waals surface area contributed by atoms with E-state index < -0.39 is 0 Å². The molecule has 1 saturated heterocycles. The number of hydrogen-bond acceptors (Lipinski definition) is 2. The van der Waals surface area contributed by atoms with E-state index in [4.69, 9.17) is 10.5 Å². The van der Waals surface area contributed by atoms with E-state index in [0.29, 0.717) is 6.04 Å². The summed E-state index contributed by atoms with van der Waals surface area (Å²) >= 11 is 0. The molecule has 2 nitrogen and oxygen atoms in total. The van der Waals surface area contributed by atoms with Gasteiger partial charge in [0.15, 0.2) is 0 Å². The molecule has 1 aliphatic heterocycles. The van der Waals surface area contributed by atoms with E-state index in [1.54, 1.807) is 0 Å². The molecular weight excluding hydrogens is 210 g/mol. The Bertz CT molecular complexity index is 402. The lowest BCUT2D eigenvalue weighted by Crippen LogP contribution is -2.44. The normalized spacial score (nSPS) is 29.3. The third-order valence-corrected chi connectivity index (χ3v) is 3.78. The first-order valence-corrected chi connectivity index (χ1v) is 6.44. The summed E-state index contributed by atoms with van der Waals surface area (Å²) in [6.45, 7) is 7.28. The van der Waals surface area contributed by atoms with Gasteiger partial charge in [-0.1, -0.05) is 18.2 Å². The minimum Gasteiger partial charge on any atom is -0.375 e. The van der Waals surface area contributed by atoms with E-state index in [9.17, 15) is 0 Å². The maximum absolute atomic E-state index is 6.04. The lowest BCUT2D eigenvalue weighted by atomic mass is 9.86. The molecule has 2 rings (SSSR count). The molecule has 0 radical (unpaired) electrons. The fraction of sp³-hybridized carbons (Fsp3) is 0.600. The van der Waals surface area contributed by atoms with Crippen LogP contribution in [0.15, 0.2) is 18.2 Å². The highest BCUT2D eigenvalue weighted by molar-refractivity contribution is 5.30. The highest BCUT2D eigenvalue weighted by Gasteiger charge is 2.31. The highest BCUT2D eigenvalue weighted by Crippen LogP contribution is 2.28. The molecule has 2 unspecified atom stereocenters. The van der Waals surface area contributed by atoms with Crippen molar-refractivity contribution < 1.29 is 4.74 Å². The van der Waals surface area contributed by atoms with Crippen molar-refractivity contribution in [3.63, 3.8) is 0 Å². The number of ether oxygens (including phenoxy) is 1. The lowest BCUT2D eigenvalue weighted by Gasteiger charge is -2.37. The van der Waals surface area contributed by atoms with Crippen LogP contribution in [0.5, 0.6) is 0 Å². The summed E-state index contributed by atoms with van der Waals surface area (Å²) in [5.41, 5.74) is 10.0. The average Bonchev–Trinajstić information content (AvgIpc) is 2.22. The van der Waals surface area contributed by atoms with Crippen LogP contribution in [0, 0.1) is 13.8 Å². The van der Waals surface area contributed by atoms with E-state index in [1.165, 1.54) is 16.7 Å². The second-order valence-electron chi connectivity index (χ2n) is 5.65. The maximum atomic E-state index is 6.04. The van der Waals surface area contributed by atoms with Crippen molar-refractivity contribution in [3.8, 4) is 0 Å². The first kappa shape index (κ1) is 12.6. The smallest absolute Gasteiger partial charge is 0.0709 e. The second kappa shape index (κ2) is 4.79. The zero-order valence-electron chi connectivity index (χ0n) is 11.1. The summed E-state index contributed by atoms with van der Waals surface area (Å²) in [5.74, 6) is 0. The van der Waals surface area contributed by atoms with Gasteiger partial charge in [-0.05, 0) is 50.3 Å². The van der Waals surface area contributed by atoms with Gasteiger partial charge in [-0.15, -0.1) is 0 Å². The van der Waals surface area contributed by atoms with Crippen molar-refractivity contribution >= 4 is 0 Å². The third kappa shape index (κ3) is 3.08. The zero-order chi connectivity index (χ0) is 12.5. The first-order chi connectivity index (χ1) is 7.98. The molecule has 2 N–H and O–H groups in total. The minimum absolute atomic E-state index is 0.0840. The molecule has 2 atom stereocenters. The van der Waals surface area contributed by atoms with Gasteiger partial charge >= 0.3 is 0 Å². The number of aryl methyl sites for hydroxylation is 2. The van der Waals surface area contributed by atoms with Crippen LogP contribution in [-0.2, 0) is 11.2 Å². The zero-order valence-corrected chi connectivity index (χ0v) is 11.1. The fourth-order valence-electron chi connectivity index (χ4n) is 2.64. The van der Waals surface area contributed by atoms with E-state index in [-0.39, 0.29) is 5.60 Å². The van der Waals surface area contributed by atoms with Crippen LogP contribution >= 0.6 is 0 Å². The van der Waals surface area contributed by atoms with Gasteiger partial charge in [-0.3, -0.25) is 0 Å². The molecule has 0 amide bonds. The molecule has 0 saturated carbocycles. The van der Waals surface area contributed by atoms with Crippen molar-refractivity contribution in [1.82, 2.24) is 0 Å². The van der Waals surface area contributed by atoms with Crippen molar-refractivity contribution in [2.45, 2.75) is 51.7 Å². The Morgan fingerprint density at radius 3 is 2.76 bits per heavy atom. The standard InChI is InChI=1S/C15H23NO/c1-11-4-5-13(8-12(11)2)9-15(3)10-14(16)6-7-17-15/h4-5,8,14H,6-7,9-10,16H2,1-3H3. The van der Waals surface area contributed by atoms with Gasteiger partial charge < -0.3 is 10.5 Å². The van der Waals surface area contributed by atoms with Crippen molar-refractivity contribution in [1.29, 1.82) is 0 Å². The van der Waals surface area contributed by atoms with Gasteiger partial charge in [0.25, 0.3) is 0 Å². The van der Waals surface area contributed by atoms with Gasteiger partial charge in [0, 0.05) is 19.1 Å². The van der Waals surface area contributed by atoms with Crippen LogP contribution in [0.4, 0.5) is 0 Å². The van der Waals surface area contributed by atoms with Crippen LogP contribution < -0.4 is 5.73 Å². The van der Waals surface area contributed by atoms with E-state index >= 15 is 0 Å². The SMILES string of the molecule is Cc1ccc(CC2(C)CC(N)CCO2)cc1C. The van der Waals surface area contributed by atoms with Crippen LogP contribution in [0.2, 0.25) is 0 Å². The lowest BCUT2D eigenvalue weighted by molar-refractivity contribution is -0.0706. The highest BCUT2D eigenvalue weighted by atomic mass is 16.5. The summed E-state index contributed by atoms with van der Waals surface area (Å²) in [5, 5.41) is 0.